The molecule has 0 saturated heterocycles. The van der Waals surface area contributed by atoms with E-state index in [4.69, 9.17) is 5.84 Å². The second-order valence-electron chi connectivity index (χ2n) is 5.07. The molecule has 6 nitrogen and oxygen atoms in total. The largest absolute Gasteiger partial charge is 0.363 e. The summed E-state index contributed by atoms with van der Waals surface area (Å²) in [5.41, 5.74) is 3.02. The smallest absolute Gasteiger partial charge is 0.270 e. The number of hydrazine groups is 1. The van der Waals surface area contributed by atoms with E-state index < -0.39 is 18.4 Å². The third kappa shape index (κ3) is 2.41. The molecular weight excluding hydrogens is 292 g/mol. The average molecular weight is 307 g/mol. The molecule has 2 aromatic rings. The Morgan fingerprint density at radius 3 is 2.77 bits per heavy atom. The monoisotopic (exact) mass is 307 g/mol. The molecule has 0 unspecified atom stereocenters. The third-order valence-corrected chi connectivity index (χ3v) is 3.77. The first kappa shape index (κ1) is 14.5. The zero-order chi connectivity index (χ0) is 15.7. The lowest BCUT2D eigenvalue weighted by molar-refractivity contribution is 0.0656. The standard InChI is InChI=1S/C14H15F2N5O/c15-12(16)11-6-10(8-4-2-1-3-5-8)19-13-9(14(22)20-17)7-18-21(11)13/h1-5,7,10-12,19H,6,17H2,(H,20,22)/t10-,11+/m0/s1. The fourth-order valence-electron chi connectivity index (χ4n) is 2.68. The third-order valence-electron chi connectivity index (χ3n) is 3.77. The van der Waals surface area contributed by atoms with E-state index in [2.05, 4.69) is 10.4 Å². The van der Waals surface area contributed by atoms with Crippen molar-refractivity contribution in [3.05, 3.63) is 47.7 Å². The van der Waals surface area contributed by atoms with Crippen molar-refractivity contribution < 1.29 is 13.6 Å². The summed E-state index contributed by atoms with van der Waals surface area (Å²) in [7, 11) is 0. The molecule has 1 aromatic heterocycles. The van der Waals surface area contributed by atoms with Gasteiger partial charge in [-0.3, -0.25) is 10.2 Å². The normalized spacial score (nSPS) is 20.4. The molecule has 0 aliphatic carbocycles. The van der Waals surface area contributed by atoms with Crippen LogP contribution in [-0.2, 0) is 0 Å². The van der Waals surface area contributed by atoms with E-state index in [0.29, 0.717) is 0 Å². The number of hydrogen-bond acceptors (Lipinski definition) is 4. The van der Waals surface area contributed by atoms with E-state index in [9.17, 15) is 13.6 Å². The number of fused-ring (bicyclic) bond motifs is 1. The van der Waals surface area contributed by atoms with E-state index in [-0.39, 0.29) is 23.8 Å². The van der Waals surface area contributed by atoms with E-state index in [1.54, 1.807) is 0 Å². The fourth-order valence-corrected chi connectivity index (χ4v) is 2.68. The van der Waals surface area contributed by atoms with Gasteiger partial charge in [-0.15, -0.1) is 0 Å². The maximum atomic E-state index is 13.4. The van der Waals surface area contributed by atoms with Crippen LogP contribution in [0.1, 0.15) is 34.4 Å². The lowest BCUT2D eigenvalue weighted by Crippen LogP contribution is -2.34. The molecule has 1 aliphatic heterocycles. The highest BCUT2D eigenvalue weighted by Gasteiger charge is 2.36. The van der Waals surface area contributed by atoms with E-state index >= 15 is 0 Å². The Bertz CT molecular complexity index is 673. The molecule has 1 aromatic carbocycles. The number of hydrogen-bond donors (Lipinski definition) is 3. The number of benzene rings is 1. The molecule has 0 fully saturated rings. The predicted molar refractivity (Wildman–Crippen MR) is 76.3 cm³/mol. The minimum atomic E-state index is -2.58. The van der Waals surface area contributed by atoms with Crippen molar-refractivity contribution in [2.24, 2.45) is 5.84 Å². The van der Waals surface area contributed by atoms with E-state index in [1.165, 1.54) is 6.20 Å². The number of amides is 1. The summed E-state index contributed by atoms with van der Waals surface area (Å²) < 4.78 is 27.9. The molecule has 1 aliphatic rings. The molecule has 1 amide bonds. The quantitative estimate of drug-likeness (QED) is 0.459. The molecule has 2 atom stereocenters. The van der Waals surface area contributed by atoms with Gasteiger partial charge in [0.25, 0.3) is 12.3 Å². The number of carbonyl (C=O) groups is 1. The van der Waals surface area contributed by atoms with Gasteiger partial charge in [-0.05, 0) is 12.0 Å². The van der Waals surface area contributed by atoms with Crippen LogP contribution in [0.25, 0.3) is 0 Å². The number of aromatic nitrogens is 2. The van der Waals surface area contributed by atoms with Gasteiger partial charge in [-0.2, -0.15) is 5.10 Å². The number of carbonyl (C=O) groups excluding carboxylic acids is 1. The maximum Gasteiger partial charge on any atom is 0.270 e. The van der Waals surface area contributed by atoms with Crippen LogP contribution in [0.2, 0.25) is 0 Å². The van der Waals surface area contributed by atoms with Crippen LogP contribution in [0, 0.1) is 0 Å². The Morgan fingerprint density at radius 1 is 1.41 bits per heavy atom. The Morgan fingerprint density at radius 2 is 2.14 bits per heavy atom. The van der Waals surface area contributed by atoms with E-state index in [0.717, 1.165) is 10.2 Å². The van der Waals surface area contributed by atoms with Crippen LogP contribution in [0.3, 0.4) is 0 Å². The van der Waals surface area contributed by atoms with E-state index in [1.807, 2.05) is 35.8 Å². The number of nitrogens with zero attached hydrogens (tertiary/aromatic N) is 2. The SMILES string of the molecule is NNC(=O)c1cnn2c1N[C@H](c1ccccc1)C[C@@H]2C(F)F. The van der Waals surface area contributed by atoms with Crippen molar-refractivity contribution in [1.82, 2.24) is 15.2 Å². The molecule has 0 radical (unpaired) electrons. The molecule has 0 bridgehead atoms. The summed E-state index contributed by atoms with van der Waals surface area (Å²) in [6.45, 7) is 0. The topological polar surface area (TPSA) is 85.0 Å². The summed E-state index contributed by atoms with van der Waals surface area (Å²) in [5, 5.41) is 7.03. The molecule has 116 valence electrons. The molecule has 4 N–H and O–H groups in total. The van der Waals surface area contributed by atoms with Crippen LogP contribution in [0.15, 0.2) is 36.5 Å². The number of nitrogens with two attached hydrogens (primary N) is 1. The highest BCUT2D eigenvalue weighted by Crippen LogP contribution is 2.39. The molecule has 0 spiro atoms. The Kier molecular flexibility index (Phi) is 3.76. The van der Waals surface area contributed by atoms with Crippen LogP contribution in [-0.4, -0.2) is 22.1 Å². The molecule has 3 rings (SSSR count). The van der Waals surface area contributed by atoms with Gasteiger partial charge in [0.15, 0.2) is 0 Å². The van der Waals surface area contributed by atoms with Gasteiger partial charge in [0, 0.05) is 0 Å². The predicted octanol–water partition coefficient (Wildman–Crippen LogP) is 1.85. The fraction of sp³-hybridized carbons (Fsp3) is 0.286. The summed E-state index contributed by atoms with van der Waals surface area (Å²) in [5.74, 6) is 4.81. The lowest BCUT2D eigenvalue weighted by Gasteiger charge is -2.32. The number of anilines is 1. The van der Waals surface area contributed by atoms with Crippen LogP contribution in [0.5, 0.6) is 0 Å². The molecule has 22 heavy (non-hydrogen) atoms. The lowest BCUT2D eigenvalue weighted by atomic mass is 9.97. The molecular formula is C14H15F2N5O. The first-order valence-corrected chi connectivity index (χ1v) is 6.80. The van der Waals surface area contributed by atoms with Crippen molar-refractivity contribution >= 4 is 11.7 Å². The highest BCUT2D eigenvalue weighted by atomic mass is 19.3. The van der Waals surface area contributed by atoms with Gasteiger partial charge in [-0.1, -0.05) is 30.3 Å². The van der Waals surface area contributed by atoms with Gasteiger partial charge in [0.1, 0.15) is 17.4 Å². The Hall–Kier alpha value is -2.48. The summed E-state index contributed by atoms with van der Waals surface area (Å²) in [6, 6.07) is 7.83. The minimum absolute atomic E-state index is 0.147. The van der Waals surface area contributed by atoms with Gasteiger partial charge in [-0.25, -0.2) is 19.3 Å². The van der Waals surface area contributed by atoms with Crippen molar-refractivity contribution in [3.63, 3.8) is 0 Å². The van der Waals surface area contributed by atoms with Gasteiger partial charge in [0.05, 0.1) is 12.2 Å². The van der Waals surface area contributed by atoms with Crippen molar-refractivity contribution in [2.75, 3.05) is 5.32 Å². The first-order valence-electron chi connectivity index (χ1n) is 6.80. The molecule has 2 heterocycles. The summed E-state index contributed by atoms with van der Waals surface area (Å²) >= 11 is 0. The van der Waals surface area contributed by atoms with Crippen molar-refractivity contribution in [1.29, 1.82) is 0 Å². The Labute approximate surface area is 125 Å². The van der Waals surface area contributed by atoms with Gasteiger partial charge in [0.2, 0.25) is 0 Å². The zero-order valence-electron chi connectivity index (χ0n) is 11.5. The van der Waals surface area contributed by atoms with Crippen molar-refractivity contribution in [2.45, 2.75) is 24.9 Å². The first-order chi connectivity index (χ1) is 10.6. The van der Waals surface area contributed by atoms with Crippen LogP contribution in [0.4, 0.5) is 14.6 Å². The second-order valence-corrected chi connectivity index (χ2v) is 5.07. The molecule has 0 saturated carbocycles. The van der Waals surface area contributed by atoms with Gasteiger partial charge >= 0.3 is 0 Å². The van der Waals surface area contributed by atoms with Crippen LogP contribution >= 0.6 is 0 Å². The number of nitrogen functional groups attached to an aromatic ring is 1. The average Bonchev–Trinajstić information content (AvgIpc) is 2.97. The number of rotatable bonds is 3. The highest BCUT2D eigenvalue weighted by molar-refractivity contribution is 5.98. The molecule has 8 heteroatoms. The second kappa shape index (κ2) is 5.72. The number of halogens is 2. The maximum absolute atomic E-state index is 13.4. The number of nitrogens with one attached hydrogen (secondary N) is 2. The van der Waals surface area contributed by atoms with Crippen molar-refractivity contribution in [3.8, 4) is 0 Å². The van der Waals surface area contributed by atoms with Gasteiger partial charge < -0.3 is 5.32 Å². The zero-order valence-corrected chi connectivity index (χ0v) is 11.5. The summed E-state index contributed by atoms with van der Waals surface area (Å²) in [4.78, 5) is 11.7. The number of alkyl halides is 2. The minimum Gasteiger partial charge on any atom is -0.363 e. The Balaban J connectivity index is 2.02. The van der Waals surface area contributed by atoms with Crippen LogP contribution < -0.4 is 16.6 Å². The summed E-state index contributed by atoms with van der Waals surface area (Å²) in [6.07, 6.45) is -1.16.